The van der Waals surface area contributed by atoms with Crippen molar-refractivity contribution in [3.8, 4) is 33.4 Å². The van der Waals surface area contributed by atoms with Crippen molar-refractivity contribution in [1.29, 1.82) is 0 Å². The monoisotopic (exact) mass is 552 g/mol. The molecule has 7 aromatic carbocycles. The summed E-state index contributed by atoms with van der Waals surface area (Å²) in [6.07, 6.45) is 0.941. The van der Waals surface area contributed by atoms with E-state index in [1.54, 1.807) is 0 Å². The topological polar surface area (TPSA) is 0 Å². The molecule has 0 unspecified atom stereocenters. The first-order valence-corrected chi connectivity index (χ1v) is 15.3. The van der Waals surface area contributed by atoms with Crippen molar-refractivity contribution in [1.82, 2.24) is 0 Å². The van der Waals surface area contributed by atoms with Gasteiger partial charge in [-0.05, 0) is 86.0 Å². The maximum atomic E-state index is 2.37. The maximum absolute atomic E-state index is 2.37. The average Bonchev–Trinajstić information content (AvgIpc) is 3.44. The predicted octanol–water partition coefficient (Wildman–Crippen LogP) is 11.8. The minimum atomic E-state index is 0.941. The third-order valence-electron chi connectivity index (χ3n) is 8.26. The van der Waals surface area contributed by atoms with Crippen molar-refractivity contribution in [2.45, 2.75) is 6.42 Å². The second-order valence-corrected chi connectivity index (χ2v) is 12.1. The van der Waals surface area contributed by atoms with Crippen molar-refractivity contribution in [3.05, 3.63) is 169 Å². The fourth-order valence-corrected chi connectivity index (χ4v) is 7.35. The van der Waals surface area contributed by atoms with Gasteiger partial charge in [-0.25, -0.2) is 0 Å². The van der Waals surface area contributed by atoms with Crippen molar-refractivity contribution in [3.63, 3.8) is 0 Å². The van der Waals surface area contributed by atoms with E-state index in [0.29, 0.717) is 0 Å². The van der Waals surface area contributed by atoms with E-state index in [4.69, 9.17) is 0 Å². The Labute approximate surface area is 250 Å². The first-order chi connectivity index (χ1) is 20.8. The second-order valence-electron chi connectivity index (χ2n) is 11.0. The van der Waals surface area contributed by atoms with Gasteiger partial charge in [0.15, 0.2) is 0 Å². The first kappa shape index (κ1) is 24.8. The fourth-order valence-electron chi connectivity index (χ4n) is 6.13. The lowest BCUT2D eigenvalue weighted by Crippen LogP contribution is -1.89. The Morgan fingerprint density at radius 3 is 1.69 bits per heavy atom. The van der Waals surface area contributed by atoms with Gasteiger partial charge in [0.2, 0.25) is 0 Å². The van der Waals surface area contributed by atoms with Gasteiger partial charge < -0.3 is 0 Å². The molecular formula is C41H28S. The molecule has 0 aliphatic rings. The molecule has 0 bridgehead atoms. The Morgan fingerprint density at radius 2 is 0.952 bits per heavy atom. The molecule has 1 aromatic heterocycles. The molecule has 0 aliphatic heterocycles. The highest BCUT2D eigenvalue weighted by Gasteiger charge is 2.11. The first-order valence-electron chi connectivity index (χ1n) is 14.5. The molecule has 8 aromatic rings. The molecule has 0 saturated carbocycles. The minimum absolute atomic E-state index is 0.941. The van der Waals surface area contributed by atoms with Crippen molar-refractivity contribution in [2.75, 3.05) is 0 Å². The zero-order valence-corrected chi connectivity index (χ0v) is 23.9. The normalized spacial score (nSPS) is 11.4. The second kappa shape index (κ2) is 10.4. The molecule has 42 heavy (non-hydrogen) atoms. The van der Waals surface area contributed by atoms with Crippen LogP contribution < -0.4 is 0 Å². The van der Waals surface area contributed by atoms with Gasteiger partial charge in [-0.1, -0.05) is 133 Å². The van der Waals surface area contributed by atoms with Gasteiger partial charge in [0.1, 0.15) is 0 Å². The van der Waals surface area contributed by atoms with Crippen LogP contribution in [0.5, 0.6) is 0 Å². The van der Waals surface area contributed by atoms with Crippen LogP contribution in [0.2, 0.25) is 0 Å². The Morgan fingerprint density at radius 1 is 0.357 bits per heavy atom. The lowest BCUT2D eigenvalue weighted by Gasteiger charge is -2.10. The SMILES string of the molecule is c1ccc(Cc2cccc(-c3cccc(-c4cccc(-c5ccc6sc7c8ccccc8ccc7c6c5)c4)c3)c2)cc1. The molecule has 0 N–H and O–H groups in total. The molecule has 0 spiro atoms. The van der Waals surface area contributed by atoms with E-state index in [0.717, 1.165) is 6.42 Å². The van der Waals surface area contributed by atoms with Crippen LogP contribution in [0.25, 0.3) is 64.3 Å². The molecule has 0 radical (unpaired) electrons. The molecule has 0 nitrogen and oxygen atoms in total. The summed E-state index contributed by atoms with van der Waals surface area (Å²) in [6, 6.07) is 57.7. The summed E-state index contributed by atoms with van der Waals surface area (Å²) in [7, 11) is 0. The zero-order valence-electron chi connectivity index (χ0n) is 23.1. The Bertz CT molecular complexity index is 2220. The van der Waals surface area contributed by atoms with Crippen LogP contribution in [0.15, 0.2) is 158 Å². The van der Waals surface area contributed by atoms with E-state index in [-0.39, 0.29) is 0 Å². The van der Waals surface area contributed by atoms with Gasteiger partial charge >= 0.3 is 0 Å². The van der Waals surface area contributed by atoms with Gasteiger partial charge in [-0.3, -0.25) is 0 Å². The number of fused-ring (bicyclic) bond motifs is 5. The van der Waals surface area contributed by atoms with Crippen molar-refractivity contribution < 1.29 is 0 Å². The molecule has 0 amide bonds. The van der Waals surface area contributed by atoms with Gasteiger partial charge in [0, 0.05) is 20.2 Å². The summed E-state index contributed by atoms with van der Waals surface area (Å²) in [4.78, 5) is 0. The van der Waals surface area contributed by atoms with Gasteiger partial charge in [-0.15, -0.1) is 11.3 Å². The van der Waals surface area contributed by atoms with E-state index in [2.05, 4.69) is 158 Å². The molecule has 1 heteroatoms. The number of benzene rings is 7. The quantitative estimate of drug-likeness (QED) is 0.199. The summed E-state index contributed by atoms with van der Waals surface area (Å²) in [5.74, 6) is 0. The van der Waals surface area contributed by atoms with Crippen molar-refractivity contribution in [2.24, 2.45) is 0 Å². The molecule has 0 saturated heterocycles. The Balaban J connectivity index is 1.14. The van der Waals surface area contributed by atoms with E-state index in [9.17, 15) is 0 Å². The standard InChI is InChI=1S/C41H28S/c1-2-9-28(10-3-1)23-29-11-6-13-31(24-29)32-14-7-15-33(25-32)34-16-8-17-35(26-34)36-20-22-40-39(27-36)38-21-19-30-12-4-5-18-37(30)41(38)42-40/h1-22,24-27H,23H2. The van der Waals surface area contributed by atoms with Crippen LogP contribution in [0, 0.1) is 0 Å². The Hall–Kier alpha value is -4.98. The zero-order chi connectivity index (χ0) is 27.9. The molecule has 0 aliphatic carbocycles. The maximum Gasteiger partial charge on any atom is 0.0433 e. The lowest BCUT2D eigenvalue weighted by atomic mass is 9.94. The summed E-state index contributed by atoms with van der Waals surface area (Å²) in [5, 5.41) is 5.31. The predicted molar refractivity (Wildman–Crippen MR) is 182 cm³/mol. The number of thiophene rings is 1. The van der Waals surface area contributed by atoms with Crippen LogP contribution in [-0.2, 0) is 6.42 Å². The third kappa shape index (κ3) is 4.59. The van der Waals surface area contributed by atoms with Gasteiger partial charge in [0.25, 0.3) is 0 Å². The summed E-state index contributed by atoms with van der Waals surface area (Å²) in [6.45, 7) is 0. The summed E-state index contributed by atoms with van der Waals surface area (Å²) in [5.41, 5.74) is 10.1. The van der Waals surface area contributed by atoms with E-state index >= 15 is 0 Å². The highest BCUT2D eigenvalue weighted by atomic mass is 32.1. The molecule has 0 atom stereocenters. The van der Waals surface area contributed by atoms with Crippen LogP contribution in [0.1, 0.15) is 11.1 Å². The Kier molecular flexibility index (Phi) is 6.17. The number of hydrogen-bond donors (Lipinski definition) is 0. The highest BCUT2D eigenvalue weighted by Crippen LogP contribution is 2.40. The van der Waals surface area contributed by atoms with Crippen LogP contribution in [0.4, 0.5) is 0 Å². The third-order valence-corrected chi connectivity index (χ3v) is 9.48. The van der Waals surface area contributed by atoms with E-state index in [1.165, 1.54) is 75.5 Å². The molecule has 1 heterocycles. The van der Waals surface area contributed by atoms with Crippen molar-refractivity contribution >= 4 is 42.3 Å². The van der Waals surface area contributed by atoms with Crippen LogP contribution in [0.3, 0.4) is 0 Å². The molecule has 198 valence electrons. The molecule has 8 rings (SSSR count). The fraction of sp³-hybridized carbons (Fsp3) is 0.0244. The van der Waals surface area contributed by atoms with E-state index < -0.39 is 0 Å². The molecule has 0 fully saturated rings. The highest BCUT2D eigenvalue weighted by molar-refractivity contribution is 7.26. The van der Waals surface area contributed by atoms with E-state index in [1.807, 2.05) is 11.3 Å². The summed E-state index contributed by atoms with van der Waals surface area (Å²) < 4.78 is 2.71. The largest absolute Gasteiger partial charge is 0.135 e. The van der Waals surface area contributed by atoms with Gasteiger partial charge in [-0.2, -0.15) is 0 Å². The molecular weight excluding hydrogens is 525 g/mol. The number of hydrogen-bond acceptors (Lipinski definition) is 1. The smallest absolute Gasteiger partial charge is 0.0433 e. The average molecular weight is 553 g/mol. The number of rotatable bonds is 5. The lowest BCUT2D eigenvalue weighted by molar-refractivity contribution is 1.19. The summed E-state index contributed by atoms with van der Waals surface area (Å²) >= 11 is 1.90. The van der Waals surface area contributed by atoms with Crippen LogP contribution in [-0.4, -0.2) is 0 Å². The minimum Gasteiger partial charge on any atom is -0.135 e. The van der Waals surface area contributed by atoms with Gasteiger partial charge in [0.05, 0.1) is 0 Å². The van der Waals surface area contributed by atoms with Crippen LogP contribution >= 0.6 is 11.3 Å².